The zero-order chi connectivity index (χ0) is 14.7. The highest BCUT2D eigenvalue weighted by atomic mass is 35.5. The molecule has 1 aromatic heterocycles. The van der Waals surface area contributed by atoms with Crippen LogP contribution in [0.3, 0.4) is 0 Å². The summed E-state index contributed by atoms with van der Waals surface area (Å²) in [5.41, 5.74) is 1.67. The second kappa shape index (κ2) is 6.13. The van der Waals surface area contributed by atoms with E-state index in [1.807, 2.05) is 29.7 Å². The minimum atomic E-state index is 0.0287. The largest absolute Gasteiger partial charge is 0.497 e. The van der Waals surface area contributed by atoms with Gasteiger partial charge in [0.25, 0.3) is 0 Å². The van der Waals surface area contributed by atoms with Gasteiger partial charge in [-0.25, -0.2) is 4.98 Å². The minimum absolute atomic E-state index is 0.0287. The fraction of sp³-hybridized carbons (Fsp3) is 0.429. The van der Waals surface area contributed by atoms with E-state index in [0.29, 0.717) is 12.4 Å². The number of ether oxygens (including phenoxy) is 1. The maximum Gasteiger partial charge on any atom is 0.242 e. The number of fused-ring (bicyclic) bond motifs is 1. The van der Waals surface area contributed by atoms with Gasteiger partial charge in [-0.3, -0.25) is 4.79 Å². The van der Waals surface area contributed by atoms with Gasteiger partial charge >= 0.3 is 0 Å². The van der Waals surface area contributed by atoms with Crippen molar-refractivity contribution in [1.82, 2.24) is 14.5 Å². The first-order chi connectivity index (χ1) is 9.60. The van der Waals surface area contributed by atoms with E-state index in [2.05, 4.69) is 4.98 Å². The summed E-state index contributed by atoms with van der Waals surface area (Å²) in [6.07, 6.45) is 0. The van der Waals surface area contributed by atoms with Crippen LogP contribution in [-0.2, 0) is 17.2 Å². The van der Waals surface area contributed by atoms with E-state index in [1.165, 1.54) is 0 Å². The van der Waals surface area contributed by atoms with E-state index in [-0.39, 0.29) is 18.3 Å². The van der Waals surface area contributed by atoms with Crippen molar-refractivity contribution in [1.29, 1.82) is 0 Å². The van der Waals surface area contributed by atoms with E-state index in [4.69, 9.17) is 16.3 Å². The summed E-state index contributed by atoms with van der Waals surface area (Å²) in [5.74, 6) is 1.71. The standard InChI is InChI=1S/C14H18ClN3O2/c1-4-17(2)14(19)9-18-12-7-10(20-3)5-6-11(12)16-13(18)8-15/h5-7H,4,8-9H2,1-3H3. The quantitative estimate of drug-likeness (QED) is 0.795. The number of benzene rings is 1. The molecule has 0 spiro atoms. The van der Waals surface area contributed by atoms with Gasteiger partial charge in [-0.05, 0) is 19.1 Å². The van der Waals surface area contributed by atoms with Gasteiger partial charge in [0.1, 0.15) is 18.1 Å². The average Bonchev–Trinajstić information content (AvgIpc) is 2.83. The first kappa shape index (κ1) is 14.7. The number of imidazole rings is 1. The Morgan fingerprint density at radius 1 is 1.50 bits per heavy atom. The highest BCUT2D eigenvalue weighted by Gasteiger charge is 2.15. The summed E-state index contributed by atoms with van der Waals surface area (Å²) in [4.78, 5) is 18.2. The number of alkyl halides is 1. The maximum atomic E-state index is 12.1. The third kappa shape index (κ3) is 2.72. The van der Waals surface area contributed by atoms with Crippen LogP contribution in [0, 0.1) is 0 Å². The highest BCUT2D eigenvalue weighted by Crippen LogP contribution is 2.23. The molecular weight excluding hydrogens is 278 g/mol. The van der Waals surface area contributed by atoms with Crippen LogP contribution in [-0.4, -0.2) is 41.1 Å². The number of methoxy groups -OCH3 is 1. The molecule has 20 heavy (non-hydrogen) atoms. The van der Waals surface area contributed by atoms with E-state index in [9.17, 15) is 4.79 Å². The predicted molar refractivity (Wildman–Crippen MR) is 79.2 cm³/mol. The number of hydrogen-bond acceptors (Lipinski definition) is 3. The van der Waals surface area contributed by atoms with Gasteiger partial charge in [-0.15, -0.1) is 11.6 Å². The van der Waals surface area contributed by atoms with Crippen molar-refractivity contribution in [3.8, 4) is 5.75 Å². The Kier molecular flexibility index (Phi) is 4.49. The van der Waals surface area contributed by atoms with Gasteiger partial charge in [0.2, 0.25) is 5.91 Å². The monoisotopic (exact) mass is 295 g/mol. The van der Waals surface area contributed by atoms with Crippen molar-refractivity contribution in [2.45, 2.75) is 19.3 Å². The Bertz CT molecular complexity index is 624. The molecule has 0 radical (unpaired) electrons. The fourth-order valence-corrected chi connectivity index (χ4v) is 2.19. The molecule has 0 saturated heterocycles. The summed E-state index contributed by atoms with van der Waals surface area (Å²) in [7, 11) is 3.39. The normalized spacial score (nSPS) is 10.8. The fourth-order valence-electron chi connectivity index (χ4n) is 1.99. The molecule has 6 heteroatoms. The van der Waals surface area contributed by atoms with Crippen LogP contribution in [0.5, 0.6) is 5.75 Å². The lowest BCUT2D eigenvalue weighted by Gasteiger charge is -2.16. The molecule has 0 saturated carbocycles. The van der Waals surface area contributed by atoms with Crippen molar-refractivity contribution in [2.24, 2.45) is 0 Å². The zero-order valence-electron chi connectivity index (χ0n) is 11.9. The zero-order valence-corrected chi connectivity index (χ0v) is 12.6. The van der Waals surface area contributed by atoms with E-state index >= 15 is 0 Å². The lowest BCUT2D eigenvalue weighted by atomic mass is 10.3. The molecule has 2 aromatic rings. The number of carbonyl (C=O) groups is 1. The topological polar surface area (TPSA) is 47.4 Å². The Balaban J connectivity index is 2.46. The molecule has 0 unspecified atom stereocenters. The third-order valence-electron chi connectivity index (χ3n) is 3.35. The molecule has 0 fully saturated rings. The van der Waals surface area contributed by atoms with Crippen molar-refractivity contribution in [3.63, 3.8) is 0 Å². The number of carbonyl (C=O) groups excluding carboxylic acids is 1. The molecule has 1 aromatic carbocycles. The van der Waals surface area contributed by atoms with Crippen molar-refractivity contribution < 1.29 is 9.53 Å². The molecule has 108 valence electrons. The maximum absolute atomic E-state index is 12.1. The smallest absolute Gasteiger partial charge is 0.242 e. The van der Waals surface area contributed by atoms with Gasteiger partial charge in [-0.1, -0.05) is 0 Å². The summed E-state index contributed by atoms with van der Waals surface area (Å²) in [6, 6.07) is 5.59. The molecule has 2 rings (SSSR count). The number of likely N-dealkylation sites (N-methyl/N-ethyl adjacent to an activating group) is 1. The van der Waals surface area contributed by atoms with Crippen LogP contribution >= 0.6 is 11.6 Å². The molecule has 0 bridgehead atoms. The number of aromatic nitrogens is 2. The first-order valence-electron chi connectivity index (χ1n) is 6.43. The van der Waals surface area contributed by atoms with Crippen LogP contribution in [0.15, 0.2) is 18.2 Å². The summed E-state index contributed by atoms with van der Waals surface area (Å²) >= 11 is 5.93. The van der Waals surface area contributed by atoms with E-state index in [1.54, 1.807) is 19.1 Å². The summed E-state index contributed by atoms with van der Waals surface area (Å²) in [6.45, 7) is 2.84. The van der Waals surface area contributed by atoms with E-state index < -0.39 is 0 Å². The van der Waals surface area contributed by atoms with Crippen LogP contribution in [0.25, 0.3) is 11.0 Å². The predicted octanol–water partition coefficient (Wildman–Crippen LogP) is 2.26. The Labute approximate surface area is 123 Å². The molecule has 5 nitrogen and oxygen atoms in total. The lowest BCUT2D eigenvalue weighted by Crippen LogP contribution is -2.30. The lowest BCUT2D eigenvalue weighted by molar-refractivity contribution is -0.130. The van der Waals surface area contributed by atoms with Gasteiger partial charge in [0, 0.05) is 19.7 Å². The Morgan fingerprint density at radius 2 is 2.25 bits per heavy atom. The van der Waals surface area contributed by atoms with Gasteiger partial charge in [0.15, 0.2) is 0 Å². The Morgan fingerprint density at radius 3 is 2.85 bits per heavy atom. The second-order valence-electron chi connectivity index (χ2n) is 4.51. The number of halogens is 1. The van der Waals surface area contributed by atoms with Crippen molar-refractivity contribution in [2.75, 3.05) is 20.7 Å². The molecular formula is C14H18ClN3O2. The average molecular weight is 296 g/mol. The minimum Gasteiger partial charge on any atom is -0.497 e. The summed E-state index contributed by atoms with van der Waals surface area (Å²) < 4.78 is 7.07. The number of nitrogens with zero attached hydrogens (tertiary/aromatic N) is 3. The van der Waals surface area contributed by atoms with Crippen molar-refractivity contribution >= 4 is 28.5 Å². The molecule has 0 aliphatic carbocycles. The first-order valence-corrected chi connectivity index (χ1v) is 6.97. The van der Waals surface area contributed by atoms with Gasteiger partial charge in [-0.2, -0.15) is 0 Å². The molecule has 0 atom stereocenters. The van der Waals surface area contributed by atoms with Gasteiger partial charge < -0.3 is 14.2 Å². The molecule has 0 N–H and O–H groups in total. The van der Waals surface area contributed by atoms with Crippen LogP contribution in [0.4, 0.5) is 0 Å². The number of rotatable bonds is 5. The van der Waals surface area contributed by atoms with Crippen molar-refractivity contribution in [3.05, 3.63) is 24.0 Å². The second-order valence-corrected chi connectivity index (χ2v) is 4.78. The van der Waals surface area contributed by atoms with Crippen LogP contribution in [0.1, 0.15) is 12.7 Å². The summed E-state index contributed by atoms with van der Waals surface area (Å²) in [5, 5.41) is 0. The van der Waals surface area contributed by atoms with Crippen LogP contribution in [0.2, 0.25) is 0 Å². The van der Waals surface area contributed by atoms with Gasteiger partial charge in [0.05, 0.1) is 24.0 Å². The Hall–Kier alpha value is -1.75. The van der Waals surface area contributed by atoms with E-state index in [0.717, 1.165) is 16.8 Å². The highest BCUT2D eigenvalue weighted by molar-refractivity contribution is 6.16. The number of amides is 1. The molecule has 0 aliphatic rings. The SMILES string of the molecule is CCN(C)C(=O)Cn1c(CCl)nc2ccc(OC)cc21. The molecule has 0 aliphatic heterocycles. The molecule has 1 heterocycles. The third-order valence-corrected chi connectivity index (χ3v) is 3.59. The number of hydrogen-bond donors (Lipinski definition) is 0. The van der Waals surface area contributed by atoms with Crippen LogP contribution < -0.4 is 4.74 Å². The molecule has 1 amide bonds.